The third-order valence-corrected chi connectivity index (χ3v) is 5.86. The molecule has 0 radical (unpaired) electrons. The molecule has 0 spiro atoms. The first-order valence-electron chi connectivity index (χ1n) is 10.1. The van der Waals surface area contributed by atoms with Crippen molar-refractivity contribution in [2.75, 3.05) is 0 Å². The summed E-state index contributed by atoms with van der Waals surface area (Å²) in [6.45, 7) is 0. The van der Waals surface area contributed by atoms with Gasteiger partial charge in [0.2, 0.25) is 0 Å². The van der Waals surface area contributed by atoms with Crippen molar-refractivity contribution in [3.05, 3.63) is 117 Å². The Morgan fingerprint density at radius 3 is 2.59 bits per heavy atom. The number of aromatic nitrogens is 2. The van der Waals surface area contributed by atoms with Crippen molar-refractivity contribution in [3.8, 4) is 11.1 Å². The minimum atomic E-state index is -0.413. The van der Waals surface area contributed by atoms with Gasteiger partial charge < -0.3 is 4.98 Å². The molecule has 4 nitrogen and oxygen atoms in total. The Labute approximate surface area is 192 Å². The molecule has 3 aromatic carbocycles. The lowest BCUT2D eigenvalue weighted by Crippen LogP contribution is -2.18. The van der Waals surface area contributed by atoms with Gasteiger partial charge in [0.25, 0.3) is 5.56 Å². The first-order chi connectivity index (χ1) is 15.6. The highest BCUT2D eigenvalue weighted by Gasteiger charge is 2.19. The second-order valence-electron chi connectivity index (χ2n) is 7.38. The summed E-state index contributed by atoms with van der Waals surface area (Å²) in [5.74, 6) is -0.361. The van der Waals surface area contributed by atoms with Gasteiger partial charge in [-0.25, -0.2) is 0 Å². The fourth-order valence-electron chi connectivity index (χ4n) is 3.92. The predicted molar refractivity (Wildman–Crippen MR) is 133 cm³/mol. The SMILES string of the molecule is O=C(/C=C\c1cccc2cccnc12)c1c(-c2ccccc2)c2cc(Br)ccc2[nH]c1=O. The van der Waals surface area contributed by atoms with E-state index in [9.17, 15) is 9.59 Å². The highest BCUT2D eigenvalue weighted by molar-refractivity contribution is 9.10. The van der Waals surface area contributed by atoms with Crippen LogP contribution in [0.4, 0.5) is 0 Å². The molecule has 0 amide bonds. The number of carbonyl (C=O) groups is 1. The zero-order valence-electron chi connectivity index (χ0n) is 16.9. The fourth-order valence-corrected chi connectivity index (χ4v) is 4.28. The molecule has 0 aliphatic carbocycles. The summed E-state index contributed by atoms with van der Waals surface area (Å²) in [5, 5.41) is 1.79. The van der Waals surface area contributed by atoms with Gasteiger partial charge in [-0.1, -0.05) is 70.5 Å². The number of nitrogens with one attached hydrogen (secondary N) is 1. The van der Waals surface area contributed by atoms with E-state index in [4.69, 9.17) is 0 Å². The monoisotopic (exact) mass is 480 g/mol. The molecule has 1 N–H and O–H groups in total. The second kappa shape index (κ2) is 8.36. The van der Waals surface area contributed by atoms with E-state index >= 15 is 0 Å². The number of halogens is 1. The molecule has 0 unspecified atom stereocenters. The number of allylic oxidation sites excluding steroid dienone is 1. The standard InChI is InChI=1S/C27H17BrN2O2/c28-20-12-13-22-21(16-20)24(17-6-2-1-3-7-17)25(27(32)30-22)23(31)14-11-19-9-4-8-18-10-5-15-29-26(18)19/h1-16H,(H,30,32)/b14-11-. The summed E-state index contributed by atoms with van der Waals surface area (Å²) >= 11 is 3.51. The minimum absolute atomic E-state index is 0.117. The average Bonchev–Trinajstić information content (AvgIpc) is 2.82. The van der Waals surface area contributed by atoms with Crippen LogP contribution in [-0.2, 0) is 0 Å². The topological polar surface area (TPSA) is 62.8 Å². The maximum Gasteiger partial charge on any atom is 0.260 e. The predicted octanol–water partition coefficient (Wildman–Crippen LogP) is 6.40. The fraction of sp³-hybridized carbons (Fsp3) is 0. The summed E-state index contributed by atoms with van der Waals surface area (Å²) < 4.78 is 0.866. The van der Waals surface area contributed by atoms with Crippen molar-refractivity contribution < 1.29 is 4.79 Å². The van der Waals surface area contributed by atoms with Crippen LogP contribution in [0.15, 0.2) is 100 Å². The van der Waals surface area contributed by atoms with Crippen LogP contribution in [0.25, 0.3) is 39.0 Å². The van der Waals surface area contributed by atoms with E-state index in [0.29, 0.717) is 11.1 Å². The molecule has 0 atom stereocenters. The van der Waals surface area contributed by atoms with Crippen molar-refractivity contribution in [1.82, 2.24) is 9.97 Å². The number of benzene rings is 3. The van der Waals surface area contributed by atoms with Crippen molar-refractivity contribution in [2.45, 2.75) is 0 Å². The number of hydrogen-bond donors (Lipinski definition) is 1. The molecule has 2 heterocycles. The Morgan fingerprint density at radius 2 is 1.75 bits per heavy atom. The molecule has 0 bridgehead atoms. The van der Waals surface area contributed by atoms with Crippen LogP contribution < -0.4 is 5.56 Å². The Morgan fingerprint density at radius 1 is 0.938 bits per heavy atom. The first kappa shape index (κ1) is 20.1. The molecule has 0 fully saturated rings. The molecule has 154 valence electrons. The molecule has 5 rings (SSSR count). The smallest absolute Gasteiger partial charge is 0.260 e. The number of rotatable bonds is 4. The maximum atomic E-state index is 13.4. The first-order valence-corrected chi connectivity index (χ1v) is 10.9. The molecule has 0 saturated heterocycles. The number of hydrogen-bond acceptors (Lipinski definition) is 3. The zero-order valence-corrected chi connectivity index (χ0v) is 18.5. The van der Waals surface area contributed by atoms with Gasteiger partial charge in [-0.2, -0.15) is 0 Å². The van der Waals surface area contributed by atoms with Gasteiger partial charge in [-0.15, -0.1) is 0 Å². The highest BCUT2D eigenvalue weighted by atomic mass is 79.9. The minimum Gasteiger partial charge on any atom is -0.321 e. The van der Waals surface area contributed by atoms with E-state index in [2.05, 4.69) is 25.9 Å². The largest absolute Gasteiger partial charge is 0.321 e. The lowest BCUT2D eigenvalue weighted by Gasteiger charge is -2.12. The number of para-hydroxylation sites is 1. The van der Waals surface area contributed by atoms with Gasteiger partial charge in [0.05, 0.1) is 11.1 Å². The van der Waals surface area contributed by atoms with Crippen LogP contribution in [0.3, 0.4) is 0 Å². The second-order valence-corrected chi connectivity index (χ2v) is 8.30. The van der Waals surface area contributed by atoms with Crippen LogP contribution in [0.1, 0.15) is 15.9 Å². The third kappa shape index (κ3) is 3.67. The van der Waals surface area contributed by atoms with Crippen molar-refractivity contribution in [1.29, 1.82) is 0 Å². The molecule has 5 heteroatoms. The van der Waals surface area contributed by atoms with Gasteiger partial charge in [-0.05, 0) is 42.0 Å². The lowest BCUT2D eigenvalue weighted by atomic mass is 9.94. The summed E-state index contributed by atoms with van der Waals surface area (Å²) in [5.41, 5.74) is 3.43. The van der Waals surface area contributed by atoms with Gasteiger partial charge in [0.15, 0.2) is 5.78 Å². The molecule has 0 aliphatic heterocycles. The molecule has 5 aromatic rings. The Bertz CT molecular complexity index is 1560. The number of pyridine rings is 2. The third-order valence-electron chi connectivity index (χ3n) is 5.36. The van der Waals surface area contributed by atoms with Crippen LogP contribution in [-0.4, -0.2) is 15.8 Å². The number of ketones is 1. The van der Waals surface area contributed by atoms with E-state index in [1.54, 1.807) is 12.3 Å². The van der Waals surface area contributed by atoms with E-state index in [-0.39, 0.29) is 11.3 Å². The Hall–Kier alpha value is -3.83. The van der Waals surface area contributed by atoms with Crippen molar-refractivity contribution in [2.24, 2.45) is 0 Å². The summed E-state index contributed by atoms with van der Waals surface area (Å²) in [7, 11) is 0. The Balaban J connectivity index is 1.70. The number of nitrogens with zero attached hydrogens (tertiary/aromatic N) is 1. The van der Waals surface area contributed by atoms with Crippen LogP contribution in [0.2, 0.25) is 0 Å². The maximum absolute atomic E-state index is 13.4. The van der Waals surface area contributed by atoms with E-state index < -0.39 is 5.56 Å². The summed E-state index contributed by atoms with van der Waals surface area (Å²) in [6.07, 6.45) is 4.89. The van der Waals surface area contributed by atoms with E-state index in [1.165, 1.54) is 6.08 Å². The highest BCUT2D eigenvalue weighted by Crippen LogP contribution is 2.32. The summed E-state index contributed by atoms with van der Waals surface area (Å²) in [4.78, 5) is 33.7. The van der Waals surface area contributed by atoms with Crippen LogP contribution in [0, 0.1) is 0 Å². The van der Waals surface area contributed by atoms with E-state index in [0.717, 1.165) is 31.9 Å². The zero-order chi connectivity index (χ0) is 22.1. The average molecular weight is 481 g/mol. The normalized spacial score (nSPS) is 11.4. The van der Waals surface area contributed by atoms with Gasteiger partial charge in [0, 0.05) is 38.1 Å². The molecule has 0 aliphatic rings. The molecule has 2 aromatic heterocycles. The Kier molecular flexibility index (Phi) is 5.25. The van der Waals surface area contributed by atoms with Gasteiger partial charge in [0.1, 0.15) is 0 Å². The molecular weight excluding hydrogens is 464 g/mol. The van der Waals surface area contributed by atoms with Gasteiger partial charge in [-0.3, -0.25) is 14.6 Å². The quantitative estimate of drug-likeness (QED) is 0.239. The number of fused-ring (bicyclic) bond motifs is 2. The number of H-pyrrole nitrogens is 1. The molecule has 32 heavy (non-hydrogen) atoms. The summed E-state index contributed by atoms with van der Waals surface area (Å²) in [6, 6.07) is 24.8. The molecular formula is C27H17BrN2O2. The van der Waals surface area contributed by atoms with E-state index in [1.807, 2.05) is 78.9 Å². The van der Waals surface area contributed by atoms with Crippen LogP contribution >= 0.6 is 15.9 Å². The molecule has 0 saturated carbocycles. The van der Waals surface area contributed by atoms with Gasteiger partial charge >= 0.3 is 0 Å². The number of carbonyl (C=O) groups excluding carboxylic acids is 1. The number of aromatic amines is 1. The van der Waals surface area contributed by atoms with Crippen molar-refractivity contribution in [3.63, 3.8) is 0 Å². The van der Waals surface area contributed by atoms with Crippen molar-refractivity contribution >= 4 is 49.6 Å². The van der Waals surface area contributed by atoms with Crippen LogP contribution in [0.5, 0.6) is 0 Å². The lowest BCUT2D eigenvalue weighted by molar-refractivity contribution is 0.104.